The number of phenolic OH excluding ortho intramolecular Hbond substituents is 1. The van der Waals surface area contributed by atoms with E-state index in [0.717, 1.165) is 5.56 Å². The van der Waals surface area contributed by atoms with Crippen LogP contribution in [0.3, 0.4) is 0 Å². The van der Waals surface area contributed by atoms with Gasteiger partial charge in [0.15, 0.2) is 11.5 Å². The van der Waals surface area contributed by atoms with Gasteiger partial charge in [0, 0.05) is 5.56 Å². The topological polar surface area (TPSA) is 62.0 Å². The lowest BCUT2D eigenvalue weighted by Crippen LogP contribution is -2.11. The van der Waals surface area contributed by atoms with Crippen LogP contribution in [0.2, 0.25) is 0 Å². The Hall–Kier alpha value is -1.71. The van der Waals surface area contributed by atoms with E-state index in [9.17, 15) is 5.11 Å². The van der Waals surface area contributed by atoms with Crippen molar-refractivity contribution in [3.8, 4) is 11.5 Å². The first-order valence-electron chi connectivity index (χ1n) is 4.99. The highest BCUT2D eigenvalue weighted by molar-refractivity contribution is 5.85. The van der Waals surface area contributed by atoms with Crippen LogP contribution < -0.4 is 4.74 Å². The summed E-state index contributed by atoms with van der Waals surface area (Å²) in [6.45, 7) is 6.16. The molecule has 0 aromatic heterocycles. The SMILES string of the molecule is COc1cc(C(C)(C)C)cc(/C=N/O)c1O. The Labute approximate surface area is 95.2 Å². The highest BCUT2D eigenvalue weighted by atomic mass is 16.5. The number of rotatable bonds is 2. The van der Waals surface area contributed by atoms with Crippen LogP contribution in [-0.4, -0.2) is 23.6 Å². The zero-order valence-electron chi connectivity index (χ0n) is 9.98. The fraction of sp³-hybridized carbons (Fsp3) is 0.417. The minimum Gasteiger partial charge on any atom is -0.504 e. The van der Waals surface area contributed by atoms with E-state index in [2.05, 4.69) is 25.9 Å². The van der Waals surface area contributed by atoms with E-state index in [0.29, 0.717) is 11.3 Å². The minimum atomic E-state index is -0.0704. The molecule has 0 aliphatic carbocycles. The van der Waals surface area contributed by atoms with Gasteiger partial charge in [0.2, 0.25) is 0 Å². The van der Waals surface area contributed by atoms with Gasteiger partial charge in [-0.25, -0.2) is 0 Å². The van der Waals surface area contributed by atoms with E-state index in [4.69, 9.17) is 9.94 Å². The second-order valence-corrected chi connectivity index (χ2v) is 4.61. The van der Waals surface area contributed by atoms with Gasteiger partial charge in [-0.15, -0.1) is 0 Å². The second-order valence-electron chi connectivity index (χ2n) is 4.61. The number of hydrogen-bond acceptors (Lipinski definition) is 4. The molecule has 88 valence electrons. The molecule has 4 nitrogen and oxygen atoms in total. The Morgan fingerprint density at radius 3 is 2.38 bits per heavy atom. The highest BCUT2D eigenvalue weighted by Gasteiger charge is 2.18. The standard InChI is InChI=1S/C12H17NO3/c1-12(2,3)9-5-8(7-13-15)11(14)10(6-9)16-4/h5-7,14-15H,1-4H3/b13-7+. The summed E-state index contributed by atoms with van der Waals surface area (Å²) in [5.74, 6) is 0.357. The Bertz CT molecular complexity index is 405. The molecule has 0 spiro atoms. The van der Waals surface area contributed by atoms with E-state index in [1.165, 1.54) is 13.3 Å². The van der Waals surface area contributed by atoms with Crippen LogP contribution in [0, 0.1) is 0 Å². The molecule has 0 radical (unpaired) electrons. The molecular weight excluding hydrogens is 206 g/mol. The van der Waals surface area contributed by atoms with Crippen molar-refractivity contribution in [2.24, 2.45) is 5.16 Å². The Kier molecular flexibility index (Phi) is 3.42. The number of methoxy groups -OCH3 is 1. The third kappa shape index (κ3) is 2.45. The van der Waals surface area contributed by atoms with Crippen molar-refractivity contribution in [1.29, 1.82) is 0 Å². The average Bonchev–Trinajstić information content (AvgIpc) is 2.19. The predicted octanol–water partition coefficient (Wildman–Crippen LogP) is 2.51. The van der Waals surface area contributed by atoms with Gasteiger partial charge in [0.05, 0.1) is 13.3 Å². The summed E-state index contributed by atoms with van der Waals surface area (Å²) < 4.78 is 5.07. The summed E-state index contributed by atoms with van der Waals surface area (Å²) in [5, 5.41) is 21.2. The lowest BCUT2D eigenvalue weighted by molar-refractivity contribution is 0.321. The fourth-order valence-electron chi connectivity index (χ4n) is 1.38. The van der Waals surface area contributed by atoms with E-state index < -0.39 is 0 Å². The molecule has 0 unspecified atom stereocenters. The van der Waals surface area contributed by atoms with Crippen molar-refractivity contribution < 1.29 is 15.1 Å². The molecule has 4 heteroatoms. The third-order valence-corrected chi connectivity index (χ3v) is 2.39. The van der Waals surface area contributed by atoms with Crippen LogP contribution >= 0.6 is 0 Å². The van der Waals surface area contributed by atoms with Crippen molar-refractivity contribution in [3.05, 3.63) is 23.3 Å². The monoisotopic (exact) mass is 223 g/mol. The summed E-state index contributed by atoms with van der Waals surface area (Å²) in [6, 6.07) is 3.56. The van der Waals surface area contributed by atoms with Gasteiger partial charge in [-0.1, -0.05) is 25.9 Å². The van der Waals surface area contributed by atoms with Crippen molar-refractivity contribution in [2.75, 3.05) is 7.11 Å². The van der Waals surface area contributed by atoms with Crippen LogP contribution in [0.15, 0.2) is 17.3 Å². The summed E-state index contributed by atoms with van der Waals surface area (Å²) in [6.07, 6.45) is 1.19. The van der Waals surface area contributed by atoms with Gasteiger partial charge in [-0.3, -0.25) is 0 Å². The zero-order chi connectivity index (χ0) is 12.3. The molecule has 0 atom stereocenters. The summed E-state index contributed by atoms with van der Waals surface area (Å²) in [5.41, 5.74) is 1.36. The summed E-state index contributed by atoms with van der Waals surface area (Å²) in [4.78, 5) is 0. The normalized spacial score (nSPS) is 12.0. The molecule has 1 aromatic rings. The number of hydrogen-bond donors (Lipinski definition) is 2. The van der Waals surface area contributed by atoms with Crippen molar-refractivity contribution in [3.63, 3.8) is 0 Å². The lowest BCUT2D eigenvalue weighted by Gasteiger charge is -2.21. The average molecular weight is 223 g/mol. The summed E-state index contributed by atoms with van der Waals surface area (Å²) >= 11 is 0. The number of nitrogens with zero attached hydrogens (tertiary/aromatic N) is 1. The number of phenols is 1. The first kappa shape index (κ1) is 12.4. The van der Waals surface area contributed by atoms with Gasteiger partial charge in [0.25, 0.3) is 0 Å². The van der Waals surface area contributed by atoms with Gasteiger partial charge >= 0.3 is 0 Å². The molecule has 0 bridgehead atoms. The largest absolute Gasteiger partial charge is 0.504 e. The Morgan fingerprint density at radius 1 is 1.31 bits per heavy atom. The quantitative estimate of drug-likeness (QED) is 0.460. The van der Waals surface area contributed by atoms with Crippen LogP contribution in [0.5, 0.6) is 11.5 Å². The number of oxime groups is 1. The van der Waals surface area contributed by atoms with Gasteiger partial charge < -0.3 is 15.1 Å². The second kappa shape index (κ2) is 4.43. The molecule has 0 amide bonds. The Balaban J connectivity index is 3.40. The van der Waals surface area contributed by atoms with Crippen molar-refractivity contribution in [1.82, 2.24) is 0 Å². The molecule has 0 saturated heterocycles. The van der Waals surface area contributed by atoms with Gasteiger partial charge in [-0.05, 0) is 23.1 Å². The van der Waals surface area contributed by atoms with Crippen LogP contribution in [0.25, 0.3) is 0 Å². The Morgan fingerprint density at radius 2 is 1.94 bits per heavy atom. The molecule has 0 fully saturated rings. The van der Waals surface area contributed by atoms with Crippen molar-refractivity contribution >= 4 is 6.21 Å². The minimum absolute atomic E-state index is 0.0201. The number of aromatic hydroxyl groups is 1. The number of benzene rings is 1. The maximum absolute atomic E-state index is 9.78. The van der Waals surface area contributed by atoms with E-state index >= 15 is 0 Å². The zero-order valence-corrected chi connectivity index (χ0v) is 9.98. The molecule has 0 aliphatic heterocycles. The summed E-state index contributed by atoms with van der Waals surface area (Å²) in [7, 11) is 1.49. The van der Waals surface area contributed by atoms with Crippen molar-refractivity contribution in [2.45, 2.75) is 26.2 Å². The smallest absolute Gasteiger partial charge is 0.166 e. The van der Waals surface area contributed by atoms with Crippen LogP contribution in [0.1, 0.15) is 31.9 Å². The third-order valence-electron chi connectivity index (χ3n) is 2.39. The molecule has 1 aromatic carbocycles. The molecule has 0 heterocycles. The molecule has 16 heavy (non-hydrogen) atoms. The molecule has 2 N–H and O–H groups in total. The van der Waals surface area contributed by atoms with Crippen LogP contribution in [0.4, 0.5) is 0 Å². The highest BCUT2D eigenvalue weighted by Crippen LogP contribution is 2.35. The molecule has 0 aliphatic rings. The number of ether oxygens (including phenoxy) is 1. The first-order chi connectivity index (χ1) is 7.40. The molecule has 1 rings (SSSR count). The molecular formula is C12H17NO3. The van der Waals surface area contributed by atoms with E-state index in [1.807, 2.05) is 0 Å². The van der Waals surface area contributed by atoms with E-state index in [1.54, 1.807) is 12.1 Å². The maximum atomic E-state index is 9.78. The van der Waals surface area contributed by atoms with Gasteiger partial charge in [-0.2, -0.15) is 0 Å². The lowest BCUT2D eigenvalue weighted by atomic mass is 9.86. The fourth-order valence-corrected chi connectivity index (χ4v) is 1.38. The van der Waals surface area contributed by atoms with Crippen LogP contribution in [-0.2, 0) is 5.41 Å². The van der Waals surface area contributed by atoms with Gasteiger partial charge in [0.1, 0.15) is 0 Å². The maximum Gasteiger partial charge on any atom is 0.166 e. The predicted molar refractivity (Wildman–Crippen MR) is 62.7 cm³/mol. The first-order valence-corrected chi connectivity index (χ1v) is 4.99. The molecule has 0 saturated carbocycles. The van der Waals surface area contributed by atoms with E-state index in [-0.39, 0.29) is 11.2 Å².